The summed E-state index contributed by atoms with van der Waals surface area (Å²) >= 11 is 0. The molecular formula is C14H21N3O. The molecule has 2 atom stereocenters. The summed E-state index contributed by atoms with van der Waals surface area (Å²) in [6.07, 6.45) is 4.14. The normalized spacial score (nSPS) is 21.7. The standard InChI is InChI=1S/C14H21N3O/c1-11(13-3-5-15-6-4-13)9-14(18)17-8-7-16-12(2)10-17/h3-6,11-12,16H,7-10H2,1-2H3/t11-,12+/m1/s1. The summed E-state index contributed by atoms with van der Waals surface area (Å²) in [4.78, 5) is 18.2. The largest absolute Gasteiger partial charge is 0.340 e. The number of hydrogen-bond donors (Lipinski definition) is 1. The van der Waals surface area contributed by atoms with Crippen LogP contribution in [0.4, 0.5) is 0 Å². The molecule has 1 aliphatic rings. The maximum Gasteiger partial charge on any atom is 0.223 e. The van der Waals surface area contributed by atoms with Crippen LogP contribution < -0.4 is 5.32 Å². The van der Waals surface area contributed by atoms with Crippen LogP contribution in [-0.4, -0.2) is 41.5 Å². The van der Waals surface area contributed by atoms with E-state index in [0.29, 0.717) is 12.5 Å². The van der Waals surface area contributed by atoms with E-state index in [9.17, 15) is 4.79 Å². The zero-order chi connectivity index (χ0) is 13.0. The van der Waals surface area contributed by atoms with Crippen molar-refractivity contribution in [2.24, 2.45) is 0 Å². The first-order valence-electron chi connectivity index (χ1n) is 6.58. The molecule has 98 valence electrons. The Labute approximate surface area is 108 Å². The second-order valence-corrected chi connectivity index (χ2v) is 5.08. The van der Waals surface area contributed by atoms with Gasteiger partial charge < -0.3 is 10.2 Å². The monoisotopic (exact) mass is 247 g/mol. The van der Waals surface area contributed by atoms with E-state index >= 15 is 0 Å². The Balaban J connectivity index is 1.91. The molecular weight excluding hydrogens is 226 g/mol. The van der Waals surface area contributed by atoms with Gasteiger partial charge in [0.15, 0.2) is 0 Å². The lowest BCUT2D eigenvalue weighted by Crippen LogP contribution is -2.51. The van der Waals surface area contributed by atoms with Crippen LogP contribution in [0.2, 0.25) is 0 Å². The van der Waals surface area contributed by atoms with Crippen LogP contribution in [0.3, 0.4) is 0 Å². The van der Waals surface area contributed by atoms with E-state index in [1.165, 1.54) is 5.56 Å². The number of amides is 1. The first kappa shape index (κ1) is 13.0. The summed E-state index contributed by atoms with van der Waals surface area (Å²) in [5.74, 6) is 0.512. The van der Waals surface area contributed by atoms with Crippen molar-refractivity contribution in [1.82, 2.24) is 15.2 Å². The van der Waals surface area contributed by atoms with Gasteiger partial charge in [0.1, 0.15) is 0 Å². The van der Waals surface area contributed by atoms with Gasteiger partial charge in [-0.25, -0.2) is 0 Å². The third-order valence-corrected chi connectivity index (χ3v) is 3.48. The molecule has 1 aromatic heterocycles. The molecule has 1 N–H and O–H groups in total. The number of nitrogens with one attached hydrogen (secondary N) is 1. The number of carbonyl (C=O) groups excluding carboxylic acids is 1. The van der Waals surface area contributed by atoms with Gasteiger partial charge in [-0.05, 0) is 30.5 Å². The highest BCUT2D eigenvalue weighted by molar-refractivity contribution is 5.77. The highest BCUT2D eigenvalue weighted by Gasteiger charge is 2.22. The fourth-order valence-electron chi connectivity index (χ4n) is 2.36. The van der Waals surface area contributed by atoms with Crippen molar-refractivity contribution in [2.75, 3.05) is 19.6 Å². The van der Waals surface area contributed by atoms with Crippen LogP contribution in [0.1, 0.15) is 31.7 Å². The minimum absolute atomic E-state index is 0.255. The SMILES string of the molecule is C[C@H](CC(=O)N1CCN[C@@H](C)C1)c1ccncc1. The molecule has 0 spiro atoms. The average Bonchev–Trinajstić information content (AvgIpc) is 2.39. The first-order valence-corrected chi connectivity index (χ1v) is 6.58. The topological polar surface area (TPSA) is 45.2 Å². The van der Waals surface area contributed by atoms with Crippen LogP contribution in [-0.2, 0) is 4.79 Å². The lowest BCUT2D eigenvalue weighted by Gasteiger charge is -2.32. The van der Waals surface area contributed by atoms with E-state index in [4.69, 9.17) is 0 Å². The van der Waals surface area contributed by atoms with Gasteiger partial charge in [-0.15, -0.1) is 0 Å². The third-order valence-electron chi connectivity index (χ3n) is 3.48. The molecule has 0 saturated carbocycles. The molecule has 0 bridgehead atoms. The molecule has 1 amide bonds. The molecule has 18 heavy (non-hydrogen) atoms. The van der Waals surface area contributed by atoms with Crippen molar-refractivity contribution in [2.45, 2.75) is 32.2 Å². The Kier molecular flexibility index (Phi) is 4.31. The molecule has 2 rings (SSSR count). The summed E-state index contributed by atoms with van der Waals surface area (Å²) < 4.78 is 0. The van der Waals surface area contributed by atoms with E-state index in [2.05, 4.69) is 24.1 Å². The van der Waals surface area contributed by atoms with Crippen molar-refractivity contribution in [3.8, 4) is 0 Å². The van der Waals surface area contributed by atoms with Crippen LogP contribution in [0.15, 0.2) is 24.5 Å². The Bertz CT molecular complexity index is 393. The van der Waals surface area contributed by atoms with Crippen molar-refractivity contribution < 1.29 is 4.79 Å². The van der Waals surface area contributed by atoms with Gasteiger partial charge in [-0.1, -0.05) is 6.92 Å². The van der Waals surface area contributed by atoms with Crippen LogP contribution in [0.5, 0.6) is 0 Å². The van der Waals surface area contributed by atoms with Gasteiger partial charge in [0.25, 0.3) is 0 Å². The van der Waals surface area contributed by atoms with Gasteiger partial charge in [-0.3, -0.25) is 9.78 Å². The maximum atomic E-state index is 12.2. The van der Waals surface area contributed by atoms with E-state index in [1.807, 2.05) is 17.0 Å². The zero-order valence-corrected chi connectivity index (χ0v) is 11.1. The number of pyridine rings is 1. The number of carbonyl (C=O) groups is 1. The van der Waals surface area contributed by atoms with E-state index in [1.54, 1.807) is 12.4 Å². The number of hydrogen-bond acceptors (Lipinski definition) is 3. The predicted molar refractivity (Wildman–Crippen MR) is 71.3 cm³/mol. The second-order valence-electron chi connectivity index (χ2n) is 5.08. The summed E-state index contributed by atoms with van der Waals surface area (Å²) in [7, 11) is 0. The molecule has 2 heterocycles. The maximum absolute atomic E-state index is 12.2. The third kappa shape index (κ3) is 3.29. The minimum atomic E-state index is 0.255. The molecule has 0 aliphatic carbocycles. The molecule has 0 aromatic carbocycles. The Morgan fingerprint density at radius 2 is 2.28 bits per heavy atom. The summed E-state index contributed by atoms with van der Waals surface area (Å²) in [5, 5.41) is 3.35. The molecule has 4 heteroatoms. The second kappa shape index (κ2) is 5.96. The van der Waals surface area contributed by atoms with Gasteiger partial charge in [0, 0.05) is 44.5 Å². The molecule has 1 aliphatic heterocycles. The number of aromatic nitrogens is 1. The van der Waals surface area contributed by atoms with E-state index in [-0.39, 0.29) is 11.8 Å². The van der Waals surface area contributed by atoms with Crippen molar-refractivity contribution in [3.05, 3.63) is 30.1 Å². The molecule has 0 unspecified atom stereocenters. The average molecular weight is 247 g/mol. The highest BCUT2D eigenvalue weighted by atomic mass is 16.2. The quantitative estimate of drug-likeness (QED) is 0.878. The molecule has 1 fully saturated rings. The summed E-state index contributed by atoms with van der Waals surface area (Å²) in [5.41, 5.74) is 1.18. The Hall–Kier alpha value is -1.42. The minimum Gasteiger partial charge on any atom is -0.340 e. The van der Waals surface area contributed by atoms with Gasteiger partial charge in [0.05, 0.1) is 0 Å². The fraction of sp³-hybridized carbons (Fsp3) is 0.571. The van der Waals surface area contributed by atoms with Gasteiger partial charge >= 0.3 is 0 Å². The molecule has 0 radical (unpaired) electrons. The number of piperazine rings is 1. The summed E-state index contributed by atoms with van der Waals surface area (Å²) in [6.45, 7) is 6.76. The number of rotatable bonds is 3. The van der Waals surface area contributed by atoms with Crippen molar-refractivity contribution >= 4 is 5.91 Å². The van der Waals surface area contributed by atoms with E-state index < -0.39 is 0 Å². The van der Waals surface area contributed by atoms with Crippen LogP contribution in [0.25, 0.3) is 0 Å². The summed E-state index contributed by atoms with van der Waals surface area (Å²) in [6, 6.07) is 4.37. The lowest BCUT2D eigenvalue weighted by atomic mass is 9.98. The first-order chi connectivity index (χ1) is 8.66. The van der Waals surface area contributed by atoms with Gasteiger partial charge in [0.2, 0.25) is 5.91 Å². The fourth-order valence-corrected chi connectivity index (χ4v) is 2.36. The van der Waals surface area contributed by atoms with Gasteiger partial charge in [-0.2, -0.15) is 0 Å². The Morgan fingerprint density at radius 3 is 2.94 bits per heavy atom. The lowest BCUT2D eigenvalue weighted by molar-refractivity contribution is -0.132. The van der Waals surface area contributed by atoms with Crippen molar-refractivity contribution in [1.29, 1.82) is 0 Å². The van der Waals surface area contributed by atoms with Crippen molar-refractivity contribution in [3.63, 3.8) is 0 Å². The van der Waals surface area contributed by atoms with E-state index in [0.717, 1.165) is 19.6 Å². The number of nitrogens with zero attached hydrogens (tertiary/aromatic N) is 2. The molecule has 1 aromatic rings. The van der Waals surface area contributed by atoms with Crippen LogP contribution in [0, 0.1) is 0 Å². The molecule has 4 nitrogen and oxygen atoms in total. The van der Waals surface area contributed by atoms with Crippen LogP contribution >= 0.6 is 0 Å². The Morgan fingerprint density at radius 1 is 1.56 bits per heavy atom. The highest BCUT2D eigenvalue weighted by Crippen LogP contribution is 2.19. The smallest absolute Gasteiger partial charge is 0.223 e. The zero-order valence-electron chi connectivity index (χ0n) is 11.1. The predicted octanol–water partition coefficient (Wildman–Crippen LogP) is 1.40. The molecule has 1 saturated heterocycles.